The fourth-order valence-corrected chi connectivity index (χ4v) is 1.74. The van der Waals surface area contributed by atoms with Gasteiger partial charge in [-0.05, 0) is 19.8 Å². The number of carbonyl (C=O) groups excluding carboxylic acids is 1. The zero-order chi connectivity index (χ0) is 9.84. The Hall–Kier alpha value is -0.610. The second kappa shape index (κ2) is 4.58. The first-order chi connectivity index (χ1) is 6.20. The van der Waals surface area contributed by atoms with E-state index in [2.05, 4.69) is 6.92 Å². The van der Waals surface area contributed by atoms with Crippen molar-refractivity contribution in [2.45, 2.75) is 31.9 Å². The van der Waals surface area contributed by atoms with E-state index < -0.39 is 6.10 Å². The Morgan fingerprint density at radius 3 is 2.85 bits per heavy atom. The van der Waals surface area contributed by atoms with Crippen molar-refractivity contribution in [1.82, 2.24) is 4.90 Å². The van der Waals surface area contributed by atoms with Crippen LogP contribution in [0.25, 0.3) is 0 Å². The van der Waals surface area contributed by atoms with Crippen molar-refractivity contribution in [2.24, 2.45) is 5.73 Å². The first-order valence-electron chi connectivity index (χ1n) is 4.74. The normalized spacial score (nSPS) is 24.8. The third-order valence-corrected chi connectivity index (χ3v) is 2.61. The molecular formula is C9H18N2O2. The monoisotopic (exact) mass is 186 g/mol. The van der Waals surface area contributed by atoms with Crippen molar-refractivity contribution in [2.75, 3.05) is 20.2 Å². The highest BCUT2D eigenvalue weighted by Gasteiger charge is 2.29. The molecule has 0 aromatic carbocycles. The van der Waals surface area contributed by atoms with Gasteiger partial charge in [0.05, 0.1) is 0 Å². The molecule has 0 radical (unpaired) electrons. The molecule has 13 heavy (non-hydrogen) atoms. The molecule has 1 aliphatic rings. The highest BCUT2D eigenvalue weighted by atomic mass is 16.5. The lowest BCUT2D eigenvalue weighted by atomic mass is 10.2. The molecule has 0 aromatic heterocycles. The van der Waals surface area contributed by atoms with Gasteiger partial charge in [-0.2, -0.15) is 0 Å². The average Bonchev–Trinajstić information content (AvgIpc) is 2.53. The zero-order valence-corrected chi connectivity index (χ0v) is 8.32. The minimum Gasteiger partial charge on any atom is -0.370 e. The molecule has 0 aliphatic carbocycles. The molecule has 0 spiro atoms. The summed E-state index contributed by atoms with van der Waals surface area (Å²) in [4.78, 5) is 13.6. The highest BCUT2D eigenvalue weighted by Crippen LogP contribution is 2.17. The van der Waals surface area contributed by atoms with Crippen LogP contribution in [0.15, 0.2) is 0 Å². The molecule has 2 atom stereocenters. The van der Waals surface area contributed by atoms with Crippen molar-refractivity contribution >= 4 is 5.91 Å². The third kappa shape index (κ3) is 2.19. The van der Waals surface area contributed by atoms with Crippen molar-refractivity contribution in [1.29, 1.82) is 0 Å². The van der Waals surface area contributed by atoms with E-state index in [9.17, 15) is 4.79 Å². The zero-order valence-electron chi connectivity index (χ0n) is 8.32. The van der Waals surface area contributed by atoms with E-state index in [1.807, 2.05) is 4.90 Å². The van der Waals surface area contributed by atoms with Gasteiger partial charge >= 0.3 is 0 Å². The van der Waals surface area contributed by atoms with Crippen molar-refractivity contribution < 1.29 is 9.53 Å². The summed E-state index contributed by atoms with van der Waals surface area (Å²) in [6, 6.07) is 0.344. The van der Waals surface area contributed by atoms with Crippen LogP contribution in [-0.4, -0.2) is 43.2 Å². The minimum absolute atomic E-state index is 0.0370. The Balaban J connectivity index is 2.54. The Kier molecular flexibility index (Phi) is 3.69. The quantitative estimate of drug-likeness (QED) is 0.673. The van der Waals surface area contributed by atoms with Crippen LogP contribution in [0.5, 0.6) is 0 Å². The molecule has 1 amide bonds. The molecule has 76 valence electrons. The van der Waals surface area contributed by atoms with Crippen LogP contribution in [0.2, 0.25) is 0 Å². The molecule has 1 heterocycles. The number of nitrogens with zero attached hydrogens (tertiary/aromatic N) is 1. The summed E-state index contributed by atoms with van der Waals surface area (Å²) in [6.45, 7) is 3.17. The van der Waals surface area contributed by atoms with E-state index in [-0.39, 0.29) is 12.5 Å². The fraction of sp³-hybridized carbons (Fsp3) is 0.889. The number of rotatable bonds is 3. The molecular weight excluding hydrogens is 168 g/mol. The molecule has 0 bridgehead atoms. The SMILES string of the molecule is COC(CN)C(=O)N1CCCC1C. The lowest BCUT2D eigenvalue weighted by Gasteiger charge is -2.25. The van der Waals surface area contributed by atoms with E-state index >= 15 is 0 Å². The molecule has 0 aromatic rings. The van der Waals surface area contributed by atoms with Crippen LogP contribution in [0.4, 0.5) is 0 Å². The third-order valence-electron chi connectivity index (χ3n) is 2.61. The fourth-order valence-electron chi connectivity index (χ4n) is 1.74. The van der Waals surface area contributed by atoms with Crippen LogP contribution >= 0.6 is 0 Å². The maximum Gasteiger partial charge on any atom is 0.253 e. The van der Waals surface area contributed by atoms with Gasteiger partial charge in [0.15, 0.2) is 0 Å². The molecule has 1 aliphatic heterocycles. The highest BCUT2D eigenvalue weighted by molar-refractivity contribution is 5.81. The van der Waals surface area contributed by atoms with Crippen LogP contribution in [0.1, 0.15) is 19.8 Å². The van der Waals surface area contributed by atoms with Crippen LogP contribution in [0.3, 0.4) is 0 Å². The van der Waals surface area contributed by atoms with E-state index in [0.29, 0.717) is 6.04 Å². The van der Waals surface area contributed by atoms with E-state index in [0.717, 1.165) is 19.4 Å². The number of hydrogen-bond donors (Lipinski definition) is 1. The number of carbonyl (C=O) groups is 1. The number of amides is 1. The van der Waals surface area contributed by atoms with Crippen molar-refractivity contribution in [3.8, 4) is 0 Å². The van der Waals surface area contributed by atoms with Gasteiger partial charge in [-0.15, -0.1) is 0 Å². The number of hydrogen-bond acceptors (Lipinski definition) is 3. The van der Waals surface area contributed by atoms with Crippen molar-refractivity contribution in [3.05, 3.63) is 0 Å². The number of methoxy groups -OCH3 is 1. The van der Waals surface area contributed by atoms with Crippen LogP contribution in [-0.2, 0) is 9.53 Å². The van der Waals surface area contributed by atoms with Gasteiger partial charge in [0.2, 0.25) is 0 Å². The lowest BCUT2D eigenvalue weighted by Crippen LogP contribution is -2.44. The van der Waals surface area contributed by atoms with Crippen molar-refractivity contribution in [3.63, 3.8) is 0 Å². The number of nitrogens with two attached hydrogens (primary N) is 1. The summed E-state index contributed by atoms with van der Waals surface area (Å²) < 4.78 is 5.01. The number of ether oxygens (including phenoxy) is 1. The summed E-state index contributed by atoms with van der Waals surface area (Å²) in [5, 5.41) is 0. The van der Waals surface area contributed by atoms with Gasteiger partial charge in [0.25, 0.3) is 5.91 Å². The first kappa shape index (κ1) is 10.5. The summed E-state index contributed by atoms with van der Waals surface area (Å²) in [6.07, 6.45) is 1.72. The molecule has 1 saturated heterocycles. The molecule has 2 N–H and O–H groups in total. The van der Waals surface area contributed by atoms with Gasteiger partial charge in [-0.1, -0.05) is 0 Å². The summed E-state index contributed by atoms with van der Waals surface area (Å²) in [5.74, 6) is 0.0370. The van der Waals surface area contributed by atoms with Gasteiger partial charge < -0.3 is 15.4 Å². The lowest BCUT2D eigenvalue weighted by molar-refractivity contribution is -0.141. The Morgan fingerprint density at radius 2 is 2.46 bits per heavy atom. The first-order valence-corrected chi connectivity index (χ1v) is 4.74. The van der Waals surface area contributed by atoms with E-state index in [1.165, 1.54) is 7.11 Å². The van der Waals surface area contributed by atoms with E-state index in [4.69, 9.17) is 10.5 Å². The maximum atomic E-state index is 11.7. The van der Waals surface area contributed by atoms with Crippen LogP contribution in [0, 0.1) is 0 Å². The predicted molar refractivity (Wildman–Crippen MR) is 50.3 cm³/mol. The second-order valence-electron chi connectivity index (χ2n) is 3.48. The van der Waals surface area contributed by atoms with Crippen LogP contribution < -0.4 is 5.73 Å². The summed E-state index contributed by atoms with van der Waals surface area (Å²) >= 11 is 0. The Labute approximate surface area is 79.0 Å². The van der Waals surface area contributed by atoms with Gasteiger partial charge in [-0.25, -0.2) is 0 Å². The second-order valence-corrected chi connectivity index (χ2v) is 3.48. The van der Waals surface area contributed by atoms with Gasteiger partial charge in [-0.3, -0.25) is 4.79 Å². The number of likely N-dealkylation sites (tertiary alicyclic amines) is 1. The molecule has 2 unspecified atom stereocenters. The van der Waals surface area contributed by atoms with E-state index in [1.54, 1.807) is 0 Å². The summed E-state index contributed by atoms with van der Waals surface area (Å²) in [7, 11) is 1.52. The molecule has 1 rings (SSSR count). The van der Waals surface area contributed by atoms with Gasteiger partial charge in [0.1, 0.15) is 6.10 Å². The summed E-state index contributed by atoms with van der Waals surface area (Å²) in [5.41, 5.74) is 5.42. The van der Waals surface area contributed by atoms with Gasteiger partial charge in [0, 0.05) is 26.2 Å². The topological polar surface area (TPSA) is 55.6 Å². The average molecular weight is 186 g/mol. The Bertz CT molecular complexity index is 180. The Morgan fingerprint density at radius 1 is 1.77 bits per heavy atom. The molecule has 4 nitrogen and oxygen atoms in total. The minimum atomic E-state index is -0.458. The maximum absolute atomic E-state index is 11.7. The molecule has 0 saturated carbocycles. The smallest absolute Gasteiger partial charge is 0.253 e. The predicted octanol–water partition coefficient (Wildman–Crippen LogP) is -0.0290. The standard InChI is InChI=1S/C9H18N2O2/c1-7-4-3-5-11(7)9(12)8(6-10)13-2/h7-8H,3-6,10H2,1-2H3. The molecule has 1 fully saturated rings. The largest absolute Gasteiger partial charge is 0.370 e. The molecule has 4 heteroatoms.